The molecule has 1 unspecified atom stereocenters. The van der Waals surface area contributed by atoms with Gasteiger partial charge in [-0.3, -0.25) is 0 Å². The fraction of sp³-hybridized carbons (Fsp3) is 0.385. The third-order valence-electron chi connectivity index (χ3n) is 2.43. The van der Waals surface area contributed by atoms with Crippen LogP contribution >= 0.6 is 11.6 Å². The average Bonchev–Trinajstić information content (AvgIpc) is 2.24. The third-order valence-corrected chi connectivity index (χ3v) is 2.84. The smallest absolute Gasteiger partial charge is 0.0438 e. The first-order valence-electron chi connectivity index (χ1n) is 5.02. The molecular formula is C13H16ClN. The van der Waals surface area contributed by atoms with Gasteiger partial charge in [0.25, 0.3) is 0 Å². The molecule has 0 amide bonds. The van der Waals surface area contributed by atoms with Crippen molar-refractivity contribution in [2.24, 2.45) is 0 Å². The minimum absolute atomic E-state index is 0.260. The lowest BCUT2D eigenvalue weighted by Gasteiger charge is -2.14. The summed E-state index contributed by atoms with van der Waals surface area (Å²) in [7, 11) is 1.94. The van der Waals surface area contributed by atoms with Gasteiger partial charge in [-0.25, -0.2) is 0 Å². The molecule has 0 aliphatic heterocycles. The fourth-order valence-corrected chi connectivity index (χ4v) is 1.61. The minimum atomic E-state index is 0.260. The number of rotatable bonds is 3. The average molecular weight is 222 g/mol. The molecule has 0 heterocycles. The van der Waals surface area contributed by atoms with Crippen molar-refractivity contribution < 1.29 is 0 Å². The molecule has 1 aromatic rings. The van der Waals surface area contributed by atoms with Gasteiger partial charge < -0.3 is 5.32 Å². The number of hydrogen-bond donors (Lipinski definition) is 1. The zero-order valence-corrected chi connectivity index (χ0v) is 10.2. The molecular weight excluding hydrogens is 206 g/mol. The summed E-state index contributed by atoms with van der Waals surface area (Å²) >= 11 is 6.09. The van der Waals surface area contributed by atoms with Crippen LogP contribution in [0.2, 0.25) is 5.02 Å². The summed E-state index contributed by atoms with van der Waals surface area (Å²) in [4.78, 5) is 0. The largest absolute Gasteiger partial charge is 0.312 e. The molecule has 80 valence electrons. The Morgan fingerprint density at radius 1 is 1.47 bits per heavy atom. The first kappa shape index (κ1) is 12.1. The predicted molar refractivity (Wildman–Crippen MR) is 66.1 cm³/mol. The Morgan fingerprint density at radius 2 is 2.20 bits per heavy atom. The third kappa shape index (κ3) is 3.27. The highest BCUT2D eigenvalue weighted by Crippen LogP contribution is 2.22. The van der Waals surface area contributed by atoms with Gasteiger partial charge in [0.1, 0.15) is 0 Å². The Kier molecular flexibility index (Phi) is 4.68. The Morgan fingerprint density at radius 3 is 2.73 bits per heavy atom. The van der Waals surface area contributed by atoms with Crippen LogP contribution in [0, 0.1) is 18.8 Å². The summed E-state index contributed by atoms with van der Waals surface area (Å²) in [6, 6.07) is 6.41. The van der Waals surface area contributed by atoms with Crippen molar-refractivity contribution in [1.29, 1.82) is 0 Å². The molecule has 2 heteroatoms. The molecule has 0 spiro atoms. The molecule has 0 saturated carbocycles. The summed E-state index contributed by atoms with van der Waals surface area (Å²) in [5.41, 5.74) is 2.30. The molecule has 0 radical (unpaired) electrons. The van der Waals surface area contributed by atoms with Crippen molar-refractivity contribution in [2.75, 3.05) is 7.05 Å². The van der Waals surface area contributed by atoms with E-state index < -0.39 is 0 Å². The Bertz CT molecular complexity index is 387. The van der Waals surface area contributed by atoms with E-state index in [0.717, 1.165) is 17.0 Å². The molecule has 0 aliphatic rings. The van der Waals surface area contributed by atoms with Crippen LogP contribution < -0.4 is 5.32 Å². The molecule has 15 heavy (non-hydrogen) atoms. The van der Waals surface area contributed by atoms with Crippen LogP contribution in [-0.2, 0) is 0 Å². The molecule has 1 N–H and O–H groups in total. The zero-order chi connectivity index (χ0) is 11.3. The Labute approximate surface area is 96.8 Å². The highest BCUT2D eigenvalue weighted by Gasteiger charge is 2.08. The second kappa shape index (κ2) is 5.80. The van der Waals surface area contributed by atoms with Crippen molar-refractivity contribution in [3.63, 3.8) is 0 Å². The van der Waals surface area contributed by atoms with E-state index in [2.05, 4.69) is 23.2 Å². The van der Waals surface area contributed by atoms with Gasteiger partial charge >= 0.3 is 0 Å². The second-order valence-corrected chi connectivity index (χ2v) is 3.89. The standard InChI is InChI=1S/C13H16ClN/c1-4-5-6-13(15-3)11-8-7-10(2)12(14)9-11/h7-9,13,15H,6H2,1-3H3. The van der Waals surface area contributed by atoms with Crippen molar-refractivity contribution >= 4 is 11.6 Å². The van der Waals surface area contributed by atoms with Crippen LogP contribution in [0.15, 0.2) is 18.2 Å². The van der Waals surface area contributed by atoms with Crippen LogP contribution in [0.5, 0.6) is 0 Å². The Hall–Kier alpha value is -0.970. The van der Waals surface area contributed by atoms with Crippen LogP contribution in [0.3, 0.4) is 0 Å². The maximum Gasteiger partial charge on any atom is 0.0438 e. The number of nitrogens with one attached hydrogen (secondary N) is 1. The van der Waals surface area contributed by atoms with E-state index in [0.29, 0.717) is 0 Å². The molecule has 1 atom stereocenters. The molecule has 1 rings (SSSR count). The zero-order valence-electron chi connectivity index (χ0n) is 9.39. The predicted octanol–water partition coefficient (Wildman–Crippen LogP) is 3.32. The van der Waals surface area contributed by atoms with Crippen LogP contribution in [0.1, 0.15) is 30.5 Å². The van der Waals surface area contributed by atoms with Crippen molar-refractivity contribution in [3.8, 4) is 11.8 Å². The lowest BCUT2D eigenvalue weighted by molar-refractivity contribution is 0.611. The van der Waals surface area contributed by atoms with Gasteiger partial charge in [-0.05, 0) is 38.1 Å². The molecule has 0 aliphatic carbocycles. The highest BCUT2D eigenvalue weighted by molar-refractivity contribution is 6.31. The summed E-state index contributed by atoms with van der Waals surface area (Å²) in [5, 5.41) is 4.06. The summed E-state index contributed by atoms with van der Waals surface area (Å²) in [5.74, 6) is 5.98. The van der Waals surface area contributed by atoms with Crippen LogP contribution in [-0.4, -0.2) is 7.05 Å². The molecule has 0 saturated heterocycles. The van der Waals surface area contributed by atoms with E-state index in [4.69, 9.17) is 11.6 Å². The number of hydrogen-bond acceptors (Lipinski definition) is 1. The monoisotopic (exact) mass is 221 g/mol. The number of halogens is 1. The first-order valence-corrected chi connectivity index (χ1v) is 5.39. The molecule has 1 aromatic carbocycles. The second-order valence-electron chi connectivity index (χ2n) is 3.48. The number of benzene rings is 1. The first-order chi connectivity index (χ1) is 7.19. The van der Waals surface area contributed by atoms with E-state index in [1.165, 1.54) is 5.56 Å². The van der Waals surface area contributed by atoms with Gasteiger partial charge in [0.2, 0.25) is 0 Å². The van der Waals surface area contributed by atoms with Crippen LogP contribution in [0.25, 0.3) is 0 Å². The van der Waals surface area contributed by atoms with E-state index >= 15 is 0 Å². The van der Waals surface area contributed by atoms with Gasteiger partial charge in [0, 0.05) is 17.5 Å². The van der Waals surface area contributed by atoms with Gasteiger partial charge in [0.05, 0.1) is 0 Å². The van der Waals surface area contributed by atoms with Gasteiger partial charge in [-0.2, -0.15) is 0 Å². The lowest BCUT2D eigenvalue weighted by atomic mass is 10.0. The molecule has 0 bridgehead atoms. The summed E-state index contributed by atoms with van der Waals surface area (Å²) in [6.45, 7) is 3.86. The minimum Gasteiger partial charge on any atom is -0.312 e. The quantitative estimate of drug-likeness (QED) is 0.773. The van der Waals surface area contributed by atoms with Crippen molar-refractivity contribution in [3.05, 3.63) is 34.3 Å². The topological polar surface area (TPSA) is 12.0 Å². The SMILES string of the molecule is CC#CCC(NC)c1ccc(C)c(Cl)c1. The van der Waals surface area contributed by atoms with E-state index in [-0.39, 0.29) is 6.04 Å². The van der Waals surface area contributed by atoms with Gasteiger partial charge in [-0.1, -0.05) is 23.7 Å². The normalized spacial score (nSPS) is 11.7. The Balaban J connectivity index is 2.90. The molecule has 1 nitrogen and oxygen atoms in total. The summed E-state index contributed by atoms with van der Waals surface area (Å²) < 4.78 is 0. The van der Waals surface area contributed by atoms with E-state index in [1.54, 1.807) is 0 Å². The molecule has 0 aromatic heterocycles. The van der Waals surface area contributed by atoms with E-state index in [1.807, 2.05) is 33.0 Å². The summed E-state index contributed by atoms with van der Waals surface area (Å²) in [6.07, 6.45) is 0.812. The lowest BCUT2D eigenvalue weighted by Crippen LogP contribution is -2.15. The molecule has 0 fully saturated rings. The maximum atomic E-state index is 6.09. The number of aryl methyl sites for hydroxylation is 1. The fourth-order valence-electron chi connectivity index (χ4n) is 1.42. The highest BCUT2D eigenvalue weighted by atomic mass is 35.5. The van der Waals surface area contributed by atoms with Crippen LogP contribution in [0.4, 0.5) is 0 Å². The van der Waals surface area contributed by atoms with Gasteiger partial charge in [0.15, 0.2) is 0 Å². The van der Waals surface area contributed by atoms with Crippen molar-refractivity contribution in [2.45, 2.75) is 26.3 Å². The van der Waals surface area contributed by atoms with E-state index in [9.17, 15) is 0 Å². The van der Waals surface area contributed by atoms with Crippen molar-refractivity contribution in [1.82, 2.24) is 5.32 Å². The van der Waals surface area contributed by atoms with Gasteiger partial charge in [-0.15, -0.1) is 11.8 Å². The maximum absolute atomic E-state index is 6.09.